The number of nitrogens with zero attached hydrogens (tertiary/aromatic N) is 2. The van der Waals surface area contributed by atoms with E-state index in [0.29, 0.717) is 30.1 Å². The van der Waals surface area contributed by atoms with E-state index in [2.05, 4.69) is 5.32 Å². The van der Waals surface area contributed by atoms with Crippen LogP contribution in [-0.4, -0.2) is 36.6 Å². The van der Waals surface area contributed by atoms with Crippen molar-refractivity contribution >= 4 is 17.7 Å². The van der Waals surface area contributed by atoms with Crippen LogP contribution < -0.4 is 5.32 Å². The van der Waals surface area contributed by atoms with E-state index in [1.165, 1.54) is 6.42 Å². The van der Waals surface area contributed by atoms with Crippen LogP contribution in [0.15, 0.2) is 24.3 Å². The van der Waals surface area contributed by atoms with E-state index in [1.54, 1.807) is 24.3 Å². The number of carbonyl (C=O) groups excluding carboxylic acids is 2. The first-order valence-electron chi connectivity index (χ1n) is 9.36. The molecule has 1 aromatic rings. The van der Waals surface area contributed by atoms with E-state index in [-0.39, 0.29) is 12.0 Å². The number of anilines is 1. The molecule has 2 aliphatic rings. The van der Waals surface area contributed by atoms with Gasteiger partial charge in [0.05, 0.1) is 23.7 Å². The maximum absolute atomic E-state index is 12.7. The van der Waals surface area contributed by atoms with Gasteiger partial charge in [0.2, 0.25) is 5.91 Å². The molecule has 138 valence electrons. The van der Waals surface area contributed by atoms with E-state index in [4.69, 9.17) is 10.00 Å². The highest BCUT2D eigenvalue weighted by atomic mass is 16.5. The summed E-state index contributed by atoms with van der Waals surface area (Å²) in [6.07, 6.45) is 6.69. The Hall–Kier alpha value is -2.55. The highest BCUT2D eigenvalue weighted by molar-refractivity contribution is 5.85. The summed E-state index contributed by atoms with van der Waals surface area (Å²) >= 11 is 0. The molecule has 1 saturated heterocycles. The standard InChI is InChI=1S/C20H25N3O3/c21-15-16-6-4-7-17(14-16)22-19(25)26-13-5-11-23-12-10-20(18(23)24)8-2-1-3-9-20/h4,6-7,14H,1-3,5,8-13H2,(H,22,25). The first kappa shape index (κ1) is 18.2. The Morgan fingerprint density at radius 3 is 2.85 bits per heavy atom. The van der Waals surface area contributed by atoms with Crippen molar-refractivity contribution < 1.29 is 14.3 Å². The summed E-state index contributed by atoms with van der Waals surface area (Å²) in [5.74, 6) is 0.301. The minimum Gasteiger partial charge on any atom is -0.449 e. The van der Waals surface area contributed by atoms with Gasteiger partial charge in [-0.25, -0.2) is 4.79 Å². The van der Waals surface area contributed by atoms with Crippen molar-refractivity contribution in [2.75, 3.05) is 25.0 Å². The Labute approximate surface area is 154 Å². The molecule has 1 N–H and O–H groups in total. The molecule has 6 nitrogen and oxygen atoms in total. The summed E-state index contributed by atoms with van der Waals surface area (Å²) in [4.78, 5) is 26.4. The lowest BCUT2D eigenvalue weighted by molar-refractivity contribution is -0.137. The van der Waals surface area contributed by atoms with Crippen molar-refractivity contribution in [3.8, 4) is 6.07 Å². The summed E-state index contributed by atoms with van der Waals surface area (Å²) in [5, 5.41) is 11.5. The molecule has 0 aromatic heterocycles. The third kappa shape index (κ3) is 4.16. The van der Waals surface area contributed by atoms with Gasteiger partial charge in [0.1, 0.15) is 0 Å². The van der Waals surface area contributed by atoms with Crippen molar-refractivity contribution in [3.63, 3.8) is 0 Å². The van der Waals surface area contributed by atoms with Gasteiger partial charge in [0, 0.05) is 18.8 Å². The fourth-order valence-electron chi connectivity index (χ4n) is 4.04. The molecule has 2 fully saturated rings. The largest absolute Gasteiger partial charge is 0.449 e. The van der Waals surface area contributed by atoms with Crippen molar-refractivity contribution in [3.05, 3.63) is 29.8 Å². The molecular weight excluding hydrogens is 330 g/mol. The number of ether oxygens (including phenoxy) is 1. The second-order valence-corrected chi connectivity index (χ2v) is 7.19. The number of rotatable bonds is 5. The average Bonchev–Trinajstić information content (AvgIpc) is 2.95. The van der Waals surface area contributed by atoms with Crippen LogP contribution in [0.1, 0.15) is 50.5 Å². The Balaban J connectivity index is 1.38. The predicted molar refractivity (Wildman–Crippen MR) is 97.5 cm³/mol. The van der Waals surface area contributed by atoms with E-state index in [9.17, 15) is 9.59 Å². The third-order valence-corrected chi connectivity index (χ3v) is 5.46. The fraction of sp³-hybridized carbons (Fsp3) is 0.550. The lowest BCUT2D eigenvalue weighted by atomic mass is 9.73. The fourth-order valence-corrected chi connectivity index (χ4v) is 4.04. The average molecular weight is 355 g/mol. The molecule has 1 aromatic carbocycles. The molecule has 0 radical (unpaired) electrons. The zero-order valence-corrected chi connectivity index (χ0v) is 15.0. The molecule has 1 heterocycles. The summed E-state index contributed by atoms with van der Waals surface area (Å²) in [6, 6.07) is 8.69. The Morgan fingerprint density at radius 2 is 2.08 bits per heavy atom. The Kier molecular flexibility index (Phi) is 5.77. The maximum atomic E-state index is 12.7. The van der Waals surface area contributed by atoms with Crippen LogP contribution in [0.3, 0.4) is 0 Å². The van der Waals surface area contributed by atoms with Gasteiger partial charge in [0.25, 0.3) is 0 Å². The van der Waals surface area contributed by atoms with Crippen LogP contribution in [-0.2, 0) is 9.53 Å². The van der Waals surface area contributed by atoms with Gasteiger partial charge in [-0.3, -0.25) is 10.1 Å². The molecule has 0 bridgehead atoms. The zero-order valence-electron chi connectivity index (χ0n) is 15.0. The predicted octanol–water partition coefficient (Wildman–Crippen LogP) is 3.68. The molecule has 3 rings (SSSR count). The quantitative estimate of drug-likeness (QED) is 0.817. The summed E-state index contributed by atoms with van der Waals surface area (Å²) in [5.41, 5.74) is 0.914. The van der Waals surface area contributed by atoms with Crippen LogP contribution in [0.2, 0.25) is 0 Å². The second kappa shape index (κ2) is 8.22. The molecule has 1 saturated carbocycles. The van der Waals surface area contributed by atoms with Crippen LogP contribution in [0.25, 0.3) is 0 Å². The van der Waals surface area contributed by atoms with Gasteiger partial charge < -0.3 is 9.64 Å². The molecule has 1 aliphatic carbocycles. The normalized spacial score (nSPS) is 18.6. The van der Waals surface area contributed by atoms with Crippen LogP contribution in [0, 0.1) is 16.7 Å². The summed E-state index contributed by atoms with van der Waals surface area (Å²) in [7, 11) is 0. The molecule has 26 heavy (non-hydrogen) atoms. The van der Waals surface area contributed by atoms with Crippen LogP contribution in [0.5, 0.6) is 0 Å². The minimum atomic E-state index is -0.545. The number of amides is 2. The minimum absolute atomic E-state index is 0.0950. The topological polar surface area (TPSA) is 82.4 Å². The van der Waals surface area contributed by atoms with Gasteiger partial charge in [-0.05, 0) is 43.9 Å². The zero-order chi connectivity index (χ0) is 18.4. The highest BCUT2D eigenvalue weighted by Crippen LogP contribution is 2.44. The van der Waals surface area contributed by atoms with Gasteiger partial charge in [0.15, 0.2) is 0 Å². The lowest BCUT2D eigenvalue weighted by Crippen LogP contribution is -2.36. The second-order valence-electron chi connectivity index (χ2n) is 7.19. The molecular formula is C20H25N3O3. The monoisotopic (exact) mass is 355 g/mol. The van der Waals surface area contributed by atoms with Crippen molar-refractivity contribution in [2.45, 2.75) is 44.9 Å². The SMILES string of the molecule is N#Cc1cccc(NC(=O)OCCCN2CCC3(CCCCC3)C2=O)c1. The molecule has 2 amide bonds. The number of nitrogens with one attached hydrogen (secondary N) is 1. The van der Waals surface area contributed by atoms with E-state index < -0.39 is 6.09 Å². The van der Waals surface area contributed by atoms with Crippen molar-refractivity contribution in [1.82, 2.24) is 4.90 Å². The number of hydrogen-bond donors (Lipinski definition) is 1. The number of nitriles is 1. The van der Waals surface area contributed by atoms with Crippen LogP contribution >= 0.6 is 0 Å². The summed E-state index contributed by atoms with van der Waals surface area (Å²) < 4.78 is 5.18. The van der Waals surface area contributed by atoms with Gasteiger partial charge in [-0.1, -0.05) is 25.3 Å². The smallest absolute Gasteiger partial charge is 0.411 e. The number of carbonyl (C=O) groups is 2. The Bertz CT molecular complexity index is 704. The maximum Gasteiger partial charge on any atom is 0.411 e. The molecule has 0 atom stereocenters. The molecule has 1 spiro atoms. The van der Waals surface area contributed by atoms with Gasteiger partial charge >= 0.3 is 6.09 Å². The lowest BCUT2D eigenvalue weighted by Gasteiger charge is -2.31. The molecule has 0 unspecified atom stereocenters. The molecule has 1 aliphatic heterocycles. The van der Waals surface area contributed by atoms with E-state index in [0.717, 1.165) is 38.6 Å². The number of likely N-dealkylation sites (tertiary alicyclic amines) is 1. The van der Waals surface area contributed by atoms with Gasteiger partial charge in [-0.2, -0.15) is 5.26 Å². The Morgan fingerprint density at radius 1 is 1.27 bits per heavy atom. The van der Waals surface area contributed by atoms with Crippen LogP contribution in [0.4, 0.5) is 10.5 Å². The van der Waals surface area contributed by atoms with E-state index >= 15 is 0 Å². The highest BCUT2D eigenvalue weighted by Gasteiger charge is 2.46. The third-order valence-electron chi connectivity index (χ3n) is 5.46. The first-order chi connectivity index (χ1) is 12.6. The van der Waals surface area contributed by atoms with Crippen molar-refractivity contribution in [1.29, 1.82) is 5.26 Å². The van der Waals surface area contributed by atoms with E-state index in [1.807, 2.05) is 11.0 Å². The number of hydrogen-bond acceptors (Lipinski definition) is 4. The first-order valence-corrected chi connectivity index (χ1v) is 9.36. The molecule has 6 heteroatoms. The van der Waals surface area contributed by atoms with Gasteiger partial charge in [-0.15, -0.1) is 0 Å². The van der Waals surface area contributed by atoms with Crippen molar-refractivity contribution in [2.24, 2.45) is 5.41 Å². The number of benzene rings is 1. The summed E-state index contributed by atoms with van der Waals surface area (Å²) in [6.45, 7) is 1.73.